The zero-order chi connectivity index (χ0) is 14.6. The Labute approximate surface area is 121 Å². The van der Waals surface area contributed by atoms with Crippen molar-refractivity contribution in [2.75, 3.05) is 6.61 Å². The van der Waals surface area contributed by atoms with Crippen LogP contribution in [0.1, 0.15) is 11.1 Å². The van der Waals surface area contributed by atoms with Crippen LogP contribution in [0.15, 0.2) is 54.6 Å². The Hall–Kier alpha value is -2.01. The molecular formula is C15H13F2NOS. The molecule has 2 aromatic rings. The number of benzene rings is 2. The summed E-state index contributed by atoms with van der Waals surface area (Å²) < 4.78 is 32.9. The first-order valence-corrected chi connectivity index (χ1v) is 6.36. The number of thiocarbonyl (C=S) groups is 1. The minimum absolute atomic E-state index is 0.0697. The van der Waals surface area contributed by atoms with Gasteiger partial charge in [-0.1, -0.05) is 42.5 Å². The van der Waals surface area contributed by atoms with Gasteiger partial charge in [0.05, 0.1) is 0 Å². The van der Waals surface area contributed by atoms with Crippen LogP contribution in [0.3, 0.4) is 0 Å². The van der Waals surface area contributed by atoms with Gasteiger partial charge in [0.1, 0.15) is 10.7 Å². The highest BCUT2D eigenvalue weighted by atomic mass is 32.1. The number of hydrogen-bond donors (Lipinski definition) is 1. The molecule has 0 aliphatic carbocycles. The lowest BCUT2D eigenvalue weighted by Crippen LogP contribution is -2.23. The lowest BCUT2D eigenvalue weighted by molar-refractivity contribution is -0.0467. The Bertz CT molecular complexity index is 585. The summed E-state index contributed by atoms with van der Waals surface area (Å²) in [4.78, 5) is 0.256. The SMILES string of the molecule is NC(=S)c1ccc(OCC(F)(F)c2ccccc2)cc1. The van der Waals surface area contributed by atoms with E-state index in [0.29, 0.717) is 11.3 Å². The molecule has 20 heavy (non-hydrogen) atoms. The van der Waals surface area contributed by atoms with Gasteiger partial charge in [-0.15, -0.1) is 0 Å². The van der Waals surface area contributed by atoms with Crippen molar-refractivity contribution >= 4 is 17.2 Å². The minimum atomic E-state index is -3.04. The van der Waals surface area contributed by atoms with Crippen molar-refractivity contribution < 1.29 is 13.5 Å². The number of hydrogen-bond acceptors (Lipinski definition) is 2. The fourth-order valence-electron chi connectivity index (χ4n) is 1.65. The van der Waals surface area contributed by atoms with E-state index in [2.05, 4.69) is 0 Å². The molecule has 2 N–H and O–H groups in total. The number of rotatable bonds is 5. The van der Waals surface area contributed by atoms with Crippen LogP contribution in [-0.4, -0.2) is 11.6 Å². The zero-order valence-electron chi connectivity index (χ0n) is 10.6. The van der Waals surface area contributed by atoms with Crippen molar-refractivity contribution in [1.29, 1.82) is 0 Å². The number of ether oxygens (including phenoxy) is 1. The molecule has 0 radical (unpaired) electrons. The van der Waals surface area contributed by atoms with Crippen LogP contribution in [0, 0.1) is 0 Å². The van der Waals surface area contributed by atoms with Gasteiger partial charge in [0.15, 0.2) is 6.61 Å². The Balaban J connectivity index is 2.03. The third kappa shape index (κ3) is 3.51. The van der Waals surface area contributed by atoms with Crippen molar-refractivity contribution in [2.24, 2.45) is 5.73 Å². The summed E-state index contributed by atoms with van der Waals surface area (Å²) in [7, 11) is 0. The monoisotopic (exact) mass is 293 g/mol. The van der Waals surface area contributed by atoms with Crippen molar-refractivity contribution in [2.45, 2.75) is 5.92 Å². The lowest BCUT2D eigenvalue weighted by atomic mass is 10.1. The summed E-state index contributed by atoms with van der Waals surface area (Å²) in [5, 5.41) is 0. The molecular weight excluding hydrogens is 280 g/mol. The molecule has 0 unspecified atom stereocenters. The number of alkyl halides is 2. The number of nitrogens with two attached hydrogens (primary N) is 1. The molecule has 2 nitrogen and oxygen atoms in total. The average molecular weight is 293 g/mol. The smallest absolute Gasteiger partial charge is 0.306 e. The predicted molar refractivity (Wildman–Crippen MR) is 78.2 cm³/mol. The molecule has 0 atom stereocenters. The third-order valence-electron chi connectivity index (χ3n) is 2.76. The molecule has 0 aromatic heterocycles. The second-order valence-electron chi connectivity index (χ2n) is 4.25. The topological polar surface area (TPSA) is 35.2 Å². The highest BCUT2D eigenvalue weighted by Crippen LogP contribution is 2.28. The molecule has 0 saturated heterocycles. The van der Waals surface area contributed by atoms with Crippen LogP contribution in [0.4, 0.5) is 8.78 Å². The third-order valence-corrected chi connectivity index (χ3v) is 2.99. The first-order valence-electron chi connectivity index (χ1n) is 5.95. The van der Waals surface area contributed by atoms with Crippen LogP contribution in [0.25, 0.3) is 0 Å². The minimum Gasteiger partial charge on any atom is -0.487 e. The molecule has 2 aromatic carbocycles. The van der Waals surface area contributed by atoms with Gasteiger partial charge >= 0.3 is 5.92 Å². The maximum absolute atomic E-state index is 13.9. The molecule has 0 heterocycles. The van der Waals surface area contributed by atoms with E-state index in [-0.39, 0.29) is 10.6 Å². The van der Waals surface area contributed by atoms with E-state index in [9.17, 15) is 8.78 Å². The van der Waals surface area contributed by atoms with E-state index < -0.39 is 12.5 Å². The van der Waals surface area contributed by atoms with Gasteiger partial charge in [0.25, 0.3) is 0 Å². The molecule has 0 amide bonds. The van der Waals surface area contributed by atoms with Crippen LogP contribution >= 0.6 is 12.2 Å². The molecule has 5 heteroatoms. The zero-order valence-corrected chi connectivity index (χ0v) is 11.4. The van der Waals surface area contributed by atoms with Crippen molar-refractivity contribution in [3.63, 3.8) is 0 Å². The van der Waals surface area contributed by atoms with Gasteiger partial charge in [0, 0.05) is 11.1 Å². The second kappa shape index (κ2) is 5.96. The summed E-state index contributed by atoms with van der Waals surface area (Å²) in [6.45, 7) is -0.719. The molecule has 0 saturated carbocycles. The van der Waals surface area contributed by atoms with Crippen LogP contribution in [-0.2, 0) is 5.92 Å². The molecule has 0 aliphatic heterocycles. The van der Waals surface area contributed by atoms with Crippen molar-refractivity contribution in [3.05, 3.63) is 65.7 Å². The molecule has 0 aliphatic rings. The first kappa shape index (κ1) is 14.4. The van der Waals surface area contributed by atoms with E-state index in [1.54, 1.807) is 42.5 Å². The van der Waals surface area contributed by atoms with Gasteiger partial charge < -0.3 is 10.5 Å². The van der Waals surface area contributed by atoms with E-state index >= 15 is 0 Å². The molecule has 2 rings (SSSR count). The van der Waals surface area contributed by atoms with E-state index in [4.69, 9.17) is 22.7 Å². The Kier molecular flexibility index (Phi) is 4.29. The lowest BCUT2D eigenvalue weighted by Gasteiger charge is -2.17. The Morgan fingerprint density at radius 1 is 1.05 bits per heavy atom. The summed E-state index contributed by atoms with van der Waals surface area (Å²) in [5.74, 6) is -2.69. The van der Waals surface area contributed by atoms with Gasteiger partial charge in [-0.25, -0.2) is 0 Å². The Morgan fingerprint density at radius 2 is 1.65 bits per heavy atom. The summed E-state index contributed by atoms with van der Waals surface area (Å²) in [6.07, 6.45) is 0. The van der Waals surface area contributed by atoms with Gasteiger partial charge in [0.2, 0.25) is 0 Å². The maximum Gasteiger partial charge on any atom is 0.306 e. The highest BCUT2D eigenvalue weighted by Gasteiger charge is 2.32. The number of halogens is 2. The normalized spacial score (nSPS) is 11.1. The van der Waals surface area contributed by atoms with Crippen molar-refractivity contribution in [3.8, 4) is 5.75 Å². The fraction of sp³-hybridized carbons (Fsp3) is 0.133. The maximum atomic E-state index is 13.9. The van der Waals surface area contributed by atoms with Crippen LogP contribution in [0.5, 0.6) is 5.75 Å². The average Bonchev–Trinajstić information content (AvgIpc) is 2.46. The van der Waals surface area contributed by atoms with Crippen LogP contribution < -0.4 is 10.5 Å². The van der Waals surface area contributed by atoms with Crippen molar-refractivity contribution in [1.82, 2.24) is 0 Å². The molecule has 104 valence electrons. The standard InChI is InChI=1S/C15H13F2NOS/c16-15(17,12-4-2-1-3-5-12)10-19-13-8-6-11(7-9-13)14(18)20/h1-9H,10H2,(H2,18,20). The van der Waals surface area contributed by atoms with E-state index in [1.807, 2.05) is 0 Å². The summed E-state index contributed by atoms with van der Waals surface area (Å²) in [5.41, 5.74) is 6.05. The molecule has 0 spiro atoms. The predicted octanol–water partition coefficient (Wildman–Crippen LogP) is 3.49. The summed E-state index contributed by atoms with van der Waals surface area (Å²) >= 11 is 4.81. The summed E-state index contributed by atoms with van der Waals surface area (Å²) in [6, 6.07) is 14.0. The van der Waals surface area contributed by atoms with Gasteiger partial charge in [-0.05, 0) is 24.3 Å². The van der Waals surface area contributed by atoms with E-state index in [0.717, 1.165) is 0 Å². The van der Waals surface area contributed by atoms with Gasteiger partial charge in [-0.2, -0.15) is 8.78 Å². The first-order chi connectivity index (χ1) is 9.49. The van der Waals surface area contributed by atoms with Crippen LogP contribution in [0.2, 0.25) is 0 Å². The fourth-order valence-corrected chi connectivity index (χ4v) is 1.79. The molecule has 0 fully saturated rings. The van der Waals surface area contributed by atoms with Gasteiger partial charge in [-0.3, -0.25) is 0 Å². The quantitative estimate of drug-likeness (QED) is 0.857. The molecule has 0 bridgehead atoms. The largest absolute Gasteiger partial charge is 0.487 e. The second-order valence-corrected chi connectivity index (χ2v) is 4.69. The highest BCUT2D eigenvalue weighted by molar-refractivity contribution is 7.80. The van der Waals surface area contributed by atoms with E-state index in [1.165, 1.54) is 12.1 Å². The Morgan fingerprint density at radius 3 is 2.20 bits per heavy atom.